The Labute approximate surface area is 219 Å². The van der Waals surface area contributed by atoms with Crippen LogP contribution in [0, 0.1) is 17.8 Å². The van der Waals surface area contributed by atoms with Gasteiger partial charge in [0.05, 0.1) is 24.2 Å². The van der Waals surface area contributed by atoms with E-state index in [9.17, 15) is 40.2 Å². The van der Waals surface area contributed by atoms with Gasteiger partial charge in [-0.25, -0.2) is 4.79 Å². The molecular weight excluding hydrogens is 480 g/mol. The molecular formula is C28H44O9. The molecule has 9 heteroatoms. The fourth-order valence-electron chi connectivity index (χ4n) is 3.63. The molecule has 0 aliphatic carbocycles. The van der Waals surface area contributed by atoms with E-state index in [0.717, 1.165) is 11.6 Å². The second-order valence-corrected chi connectivity index (χ2v) is 9.60. The van der Waals surface area contributed by atoms with E-state index in [2.05, 4.69) is 0 Å². The fourth-order valence-corrected chi connectivity index (χ4v) is 3.63. The van der Waals surface area contributed by atoms with Crippen molar-refractivity contribution >= 4 is 11.9 Å². The number of aliphatic carboxylic acids is 2. The molecule has 0 heterocycles. The number of allylic oxidation sites excluding steroid dienone is 2. The van der Waals surface area contributed by atoms with Crippen molar-refractivity contribution in [1.29, 1.82) is 0 Å². The van der Waals surface area contributed by atoms with Gasteiger partial charge in [-0.15, -0.1) is 0 Å². The van der Waals surface area contributed by atoms with Crippen LogP contribution in [0.3, 0.4) is 0 Å². The molecule has 0 saturated heterocycles. The molecule has 7 N–H and O–H groups in total. The lowest BCUT2D eigenvalue weighted by Crippen LogP contribution is -2.32. The van der Waals surface area contributed by atoms with Crippen LogP contribution in [0.5, 0.6) is 0 Å². The maximum Gasteiger partial charge on any atom is 0.335 e. The third-order valence-electron chi connectivity index (χ3n) is 6.20. The Balaban J connectivity index is 5.15. The molecule has 0 spiro atoms. The van der Waals surface area contributed by atoms with Gasteiger partial charge >= 0.3 is 11.9 Å². The van der Waals surface area contributed by atoms with Crippen LogP contribution in [0.4, 0.5) is 0 Å². The summed E-state index contributed by atoms with van der Waals surface area (Å²) in [6, 6.07) is 0. The lowest BCUT2D eigenvalue weighted by Gasteiger charge is -2.22. The molecule has 0 aromatic carbocycles. The van der Waals surface area contributed by atoms with Crippen LogP contribution >= 0.6 is 0 Å². The number of hydrogen-bond acceptors (Lipinski definition) is 7. The Hall–Kier alpha value is -2.56. The molecule has 8 atom stereocenters. The summed E-state index contributed by atoms with van der Waals surface area (Å²) in [6.07, 6.45) is 4.80. The topological polar surface area (TPSA) is 176 Å². The molecule has 0 aromatic heterocycles. The second kappa shape index (κ2) is 17.0. The first-order valence-corrected chi connectivity index (χ1v) is 12.3. The van der Waals surface area contributed by atoms with E-state index in [1.54, 1.807) is 45.9 Å². The summed E-state index contributed by atoms with van der Waals surface area (Å²) in [5.41, 5.74) is 2.08. The SMILES string of the molecule is CC=C(C)CC(C=C(C)C(O)C(C)C=C(C)C(O)C(C)C=CC(O)CC=CC(O)C(O)C(=O)O)C(=O)O. The van der Waals surface area contributed by atoms with Crippen LogP contribution in [0.25, 0.3) is 0 Å². The smallest absolute Gasteiger partial charge is 0.335 e. The monoisotopic (exact) mass is 524 g/mol. The standard InChI is InChI=1S/C28H44O9/c1-7-16(2)13-21(27(34)35)15-20(6)25(32)19(5)14-18(4)24(31)17(3)11-12-22(29)9-8-10-23(30)26(33)28(36)37/h7-8,10-12,14-15,17,19,21-26,29-33H,9,13H2,1-6H3,(H,34,35)(H,36,37). The van der Waals surface area contributed by atoms with Crippen molar-refractivity contribution in [2.45, 2.75) is 84.9 Å². The maximum absolute atomic E-state index is 11.6. The summed E-state index contributed by atoms with van der Waals surface area (Å²) < 4.78 is 0. The summed E-state index contributed by atoms with van der Waals surface area (Å²) in [5, 5.41) is 68.3. The van der Waals surface area contributed by atoms with Crippen molar-refractivity contribution in [3.05, 3.63) is 59.3 Å². The van der Waals surface area contributed by atoms with Crippen LogP contribution in [0.1, 0.15) is 54.4 Å². The van der Waals surface area contributed by atoms with Gasteiger partial charge in [0.2, 0.25) is 0 Å². The van der Waals surface area contributed by atoms with Gasteiger partial charge in [0, 0.05) is 11.8 Å². The number of aliphatic hydroxyl groups is 5. The zero-order valence-corrected chi connectivity index (χ0v) is 22.5. The fraction of sp³-hybridized carbons (Fsp3) is 0.571. The Kier molecular flexibility index (Phi) is 15.9. The van der Waals surface area contributed by atoms with Crippen LogP contribution in [-0.4, -0.2) is 78.2 Å². The number of aliphatic hydroxyl groups excluding tert-OH is 5. The highest BCUT2D eigenvalue weighted by atomic mass is 16.4. The molecule has 0 aliphatic rings. The van der Waals surface area contributed by atoms with E-state index in [-0.39, 0.29) is 18.3 Å². The minimum atomic E-state index is -1.95. The first kappa shape index (κ1) is 34.4. The normalized spacial score (nSPS) is 20.4. The Morgan fingerprint density at radius 3 is 1.78 bits per heavy atom. The molecule has 8 unspecified atom stereocenters. The zero-order valence-electron chi connectivity index (χ0n) is 22.5. The Morgan fingerprint density at radius 2 is 1.27 bits per heavy atom. The third-order valence-corrected chi connectivity index (χ3v) is 6.20. The molecule has 0 saturated carbocycles. The molecule has 0 fully saturated rings. The summed E-state index contributed by atoms with van der Waals surface area (Å²) in [7, 11) is 0. The van der Waals surface area contributed by atoms with Gasteiger partial charge in [-0.2, -0.15) is 0 Å². The van der Waals surface area contributed by atoms with Crippen LogP contribution in [-0.2, 0) is 9.59 Å². The van der Waals surface area contributed by atoms with Gasteiger partial charge in [0.15, 0.2) is 6.10 Å². The van der Waals surface area contributed by atoms with E-state index >= 15 is 0 Å². The Morgan fingerprint density at radius 1 is 0.730 bits per heavy atom. The molecule has 0 aromatic rings. The highest BCUT2D eigenvalue weighted by Gasteiger charge is 2.22. The number of carboxylic acids is 2. The predicted molar refractivity (Wildman–Crippen MR) is 142 cm³/mol. The summed E-state index contributed by atoms with van der Waals surface area (Å²) in [6.45, 7) is 10.6. The zero-order chi connectivity index (χ0) is 28.9. The van der Waals surface area contributed by atoms with E-state index in [0.29, 0.717) is 17.6 Å². The molecule has 0 radical (unpaired) electrons. The molecule has 0 aliphatic heterocycles. The Bertz CT molecular complexity index is 884. The summed E-state index contributed by atoms with van der Waals surface area (Å²) >= 11 is 0. The van der Waals surface area contributed by atoms with Crippen molar-refractivity contribution in [3.8, 4) is 0 Å². The quantitative estimate of drug-likeness (QED) is 0.150. The van der Waals surface area contributed by atoms with E-state index in [1.807, 2.05) is 19.9 Å². The molecule has 9 nitrogen and oxygen atoms in total. The van der Waals surface area contributed by atoms with Gasteiger partial charge in [0.1, 0.15) is 6.10 Å². The van der Waals surface area contributed by atoms with Crippen molar-refractivity contribution in [2.75, 3.05) is 0 Å². The number of hydrogen-bond donors (Lipinski definition) is 7. The predicted octanol–water partition coefficient (Wildman–Crippen LogP) is 2.60. The van der Waals surface area contributed by atoms with Crippen LogP contribution in [0.15, 0.2) is 59.3 Å². The lowest BCUT2D eigenvalue weighted by molar-refractivity contribution is -0.151. The van der Waals surface area contributed by atoms with E-state index in [4.69, 9.17) is 5.11 Å². The van der Waals surface area contributed by atoms with E-state index < -0.39 is 48.4 Å². The molecule has 0 rings (SSSR count). The first-order chi connectivity index (χ1) is 17.1. The van der Waals surface area contributed by atoms with Gasteiger partial charge in [-0.05, 0) is 51.7 Å². The molecule has 210 valence electrons. The average Bonchev–Trinajstić information content (AvgIpc) is 2.84. The number of carboxylic acid groups (broad SMARTS) is 2. The highest BCUT2D eigenvalue weighted by Crippen LogP contribution is 2.23. The number of carbonyl (C=O) groups is 2. The minimum absolute atomic E-state index is 0.0667. The lowest BCUT2D eigenvalue weighted by atomic mass is 9.89. The number of rotatable bonds is 16. The highest BCUT2D eigenvalue weighted by molar-refractivity contribution is 5.73. The summed E-state index contributed by atoms with van der Waals surface area (Å²) in [4.78, 5) is 22.2. The van der Waals surface area contributed by atoms with Crippen LogP contribution in [0.2, 0.25) is 0 Å². The van der Waals surface area contributed by atoms with E-state index in [1.165, 1.54) is 12.2 Å². The van der Waals surface area contributed by atoms with Gasteiger partial charge in [-0.1, -0.05) is 62.0 Å². The van der Waals surface area contributed by atoms with Gasteiger partial charge in [-0.3, -0.25) is 4.79 Å². The summed E-state index contributed by atoms with van der Waals surface area (Å²) in [5.74, 6) is -4.03. The molecule has 0 amide bonds. The van der Waals surface area contributed by atoms with Crippen molar-refractivity contribution < 1.29 is 45.3 Å². The second-order valence-electron chi connectivity index (χ2n) is 9.60. The van der Waals surface area contributed by atoms with Crippen molar-refractivity contribution in [2.24, 2.45) is 17.8 Å². The largest absolute Gasteiger partial charge is 0.481 e. The van der Waals surface area contributed by atoms with Gasteiger partial charge in [0.25, 0.3) is 0 Å². The van der Waals surface area contributed by atoms with Crippen LogP contribution < -0.4 is 0 Å². The van der Waals surface area contributed by atoms with Crippen molar-refractivity contribution in [1.82, 2.24) is 0 Å². The average molecular weight is 525 g/mol. The van der Waals surface area contributed by atoms with Gasteiger partial charge < -0.3 is 35.7 Å². The minimum Gasteiger partial charge on any atom is -0.481 e. The first-order valence-electron chi connectivity index (χ1n) is 12.3. The molecule has 0 bridgehead atoms. The third kappa shape index (κ3) is 13.0. The molecule has 37 heavy (non-hydrogen) atoms. The maximum atomic E-state index is 11.6. The van der Waals surface area contributed by atoms with Crippen molar-refractivity contribution in [3.63, 3.8) is 0 Å².